The molecule has 0 radical (unpaired) electrons. The number of esters is 1. The lowest BCUT2D eigenvalue weighted by molar-refractivity contribution is -0.145. The molecule has 1 fully saturated rings. The van der Waals surface area contributed by atoms with E-state index in [0.29, 0.717) is 30.6 Å². The predicted octanol–water partition coefficient (Wildman–Crippen LogP) is 3.35. The number of amides is 2. The van der Waals surface area contributed by atoms with E-state index in [1.807, 2.05) is 30.3 Å². The molecular weight excluding hydrogens is 358 g/mol. The molecule has 1 saturated heterocycles. The zero-order valence-corrected chi connectivity index (χ0v) is 15.8. The molecule has 2 amide bonds. The molecule has 0 aromatic heterocycles. The zero-order valence-electron chi connectivity index (χ0n) is 15.8. The Morgan fingerprint density at radius 2 is 1.79 bits per heavy atom. The Balaban J connectivity index is 1.55. The van der Waals surface area contributed by atoms with Gasteiger partial charge in [-0.05, 0) is 42.7 Å². The van der Waals surface area contributed by atoms with Crippen LogP contribution in [0.15, 0.2) is 54.6 Å². The van der Waals surface area contributed by atoms with E-state index in [2.05, 4.69) is 0 Å². The second kappa shape index (κ2) is 9.17. The molecule has 146 valence electrons. The maximum Gasteiger partial charge on any atom is 0.306 e. The van der Waals surface area contributed by atoms with Crippen LogP contribution in [-0.2, 0) is 20.9 Å². The predicted molar refractivity (Wildman–Crippen MR) is 103 cm³/mol. The van der Waals surface area contributed by atoms with Gasteiger partial charge in [-0.15, -0.1) is 0 Å². The molecule has 1 aliphatic rings. The lowest BCUT2D eigenvalue weighted by Gasteiger charge is -2.23. The number of ether oxygens (including phenoxy) is 2. The Hall–Kier alpha value is -3.15. The topological polar surface area (TPSA) is 72.9 Å². The fraction of sp³-hybridized carbons (Fsp3) is 0.318. The third kappa shape index (κ3) is 4.76. The molecule has 3 rings (SSSR count). The average molecular weight is 381 g/mol. The largest absolute Gasteiger partial charge is 0.497 e. The van der Waals surface area contributed by atoms with Gasteiger partial charge in [0.05, 0.1) is 7.11 Å². The number of carbonyl (C=O) groups is 3. The monoisotopic (exact) mass is 381 g/mol. The molecule has 1 heterocycles. The number of nitrogens with zero attached hydrogens (tertiary/aromatic N) is 1. The highest BCUT2D eigenvalue weighted by atomic mass is 16.5. The summed E-state index contributed by atoms with van der Waals surface area (Å²) in [5.74, 6) is -0.238. The van der Waals surface area contributed by atoms with E-state index < -0.39 is 0 Å². The Labute approximate surface area is 164 Å². The van der Waals surface area contributed by atoms with Crippen LogP contribution in [-0.4, -0.2) is 35.8 Å². The van der Waals surface area contributed by atoms with Crippen molar-refractivity contribution in [2.24, 2.45) is 0 Å². The van der Waals surface area contributed by atoms with Gasteiger partial charge in [-0.3, -0.25) is 19.3 Å². The number of likely N-dealkylation sites (tertiary alicyclic amines) is 1. The van der Waals surface area contributed by atoms with Gasteiger partial charge in [0, 0.05) is 24.4 Å². The van der Waals surface area contributed by atoms with Crippen molar-refractivity contribution >= 4 is 17.8 Å². The molecule has 0 N–H and O–H groups in total. The summed E-state index contributed by atoms with van der Waals surface area (Å²) in [4.78, 5) is 38.3. The average Bonchev–Trinajstić information content (AvgIpc) is 3.11. The second-order valence-electron chi connectivity index (χ2n) is 6.67. The van der Waals surface area contributed by atoms with Gasteiger partial charge >= 0.3 is 5.97 Å². The molecule has 6 nitrogen and oxygen atoms in total. The first-order valence-electron chi connectivity index (χ1n) is 9.28. The minimum atomic E-state index is -0.340. The van der Waals surface area contributed by atoms with Gasteiger partial charge in [0.2, 0.25) is 5.91 Å². The van der Waals surface area contributed by atoms with Crippen molar-refractivity contribution in [3.8, 4) is 5.75 Å². The van der Waals surface area contributed by atoms with Crippen molar-refractivity contribution in [1.82, 2.24) is 4.90 Å². The number of methoxy groups -OCH3 is 1. The van der Waals surface area contributed by atoms with E-state index in [1.54, 1.807) is 31.4 Å². The number of hydrogen-bond acceptors (Lipinski definition) is 5. The molecule has 0 saturated carbocycles. The maximum absolute atomic E-state index is 12.8. The van der Waals surface area contributed by atoms with Gasteiger partial charge in [0.1, 0.15) is 12.4 Å². The number of benzene rings is 2. The third-order valence-electron chi connectivity index (χ3n) is 4.81. The van der Waals surface area contributed by atoms with E-state index in [1.165, 1.54) is 4.90 Å². The maximum atomic E-state index is 12.8. The van der Waals surface area contributed by atoms with Crippen LogP contribution in [0.3, 0.4) is 0 Å². The molecule has 0 spiro atoms. The van der Waals surface area contributed by atoms with Crippen molar-refractivity contribution in [3.63, 3.8) is 0 Å². The quantitative estimate of drug-likeness (QED) is 0.543. The summed E-state index contributed by atoms with van der Waals surface area (Å²) in [6.45, 7) is 0.220. The molecule has 6 heteroatoms. The number of hydrogen-bond donors (Lipinski definition) is 0. The number of carbonyl (C=O) groups excluding carboxylic acids is 3. The number of imide groups is 1. The summed E-state index contributed by atoms with van der Waals surface area (Å²) in [6, 6.07) is 15.8. The SMILES string of the molecule is COc1ccc(C(=O)N2C(=O)CC[C@@H]2CCC(=O)OCc2ccccc2)cc1. The number of rotatable bonds is 7. The summed E-state index contributed by atoms with van der Waals surface area (Å²) < 4.78 is 10.4. The van der Waals surface area contributed by atoms with Crippen molar-refractivity contribution in [2.45, 2.75) is 38.3 Å². The lowest BCUT2D eigenvalue weighted by atomic mass is 10.1. The van der Waals surface area contributed by atoms with Crippen LogP contribution in [0.4, 0.5) is 0 Å². The van der Waals surface area contributed by atoms with Crippen LogP contribution >= 0.6 is 0 Å². The summed E-state index contributed by atoms with van der Waals surface area (Å²) in [7, 11) is 1.55. The van der Waals surface area contributed by atoms with Crippen LogP contribution in [0, 0.1) is 0 Å². The standard InChI is InChI=1S/C22H23NO5/c1-27-19-11-7-17(8-12-19)22(26)23-18(9-13-20(23)24)10-14-21(25)28-15-16-5-3-2-4-6-16/h2-8,11-12,18H,9-10,13-15H2,1H3/t18-/m1/s1. The Morgan fingerprint density at radius 3 is 2.46 bits per heavy atom. The third-order valence-corrected chi connectivity index (χ3v) is 4.81. The first kappa shape index (κ1) is 19.6. The van der Waals surface area contributed by atoms with E-state index in [0.717, 1.165) is 5.56 Å². The van der Waals surface area contributed by atoms with Gasteiger partial charge in [0.25, 0.3) is 5.91 Å². The van der Waals surface area contributed by atoms with Crippen LogP contribution in [0.1, 0.15) is 41.6 Å². The summed E-state index contributed by atoms with van der Waals surface area (Å²) in [6.07, 6.45) is 1.44. The molecule has 1 atom stereocenters. The van der Waals surface area contributed by atoms with Crippen molar-refractivity contribution in [3.05, 3.63) is 65.7 Å². The highest BCUT2D eigenvalue weighted by Crippen LogP contribution is 2.25. The molecule has 28 heavy (non-hydrogen) atoms. The molecule has 2 aromatic rings. The van der Waals surface area contributed by atoms with Gasteiger partial charge in [0.15, 0.2) is 0 Å². The van der Waals surface area contributed by atoms with Crippen molar-refractivity contribution < 1.29 is 23.9 Å². The molecule has 2 aromatic carbocycles. The molecule has 1 aliphatic heterocycles. The van der Waals surface area contributed by atoms with Crippen LogP contribution < -0.4 is 4.74 Å². The van der Waals surface area contributed by atoms with Crippen LogP contribution in [0.2, 0.25) is 0 Å². The molecular formula is C22H23NO5. The van der Waals surface area contributed by atoms with E-state index in [9.17, 15) is 14.4 Å². The Bertz CT molecular complexity index is 832. The van der Waals surface area contributed by atoms with Crippen LogP contribution in [0.5, 0.6) is 5.75 Å². The zero-order chi connectivity index (χ0) is 19.9. The highest BCUT2D eigenvalue weighted by Gasteiger charge is 2.36. The van der Waals surface area contributed by atoms with Crippen LogP contribution in [0.25, 0.3) is 0 Å². The summed E-state index contributed by atoms with van der Waals surface area (Å²) in [5.41, 5.74) is 1.34. The van der Waals surface area contributed by atoms with Crippen molar-refractivity contribution in [2.75, 3.05) is 7.11 Å². The summed E-state index contributed by atoms with van der Waals surface area (Å²) >= 11 is 0. The molecule has 0 aliphatic carbocycles. The fourth-order valence-electron chi connectivity index (χ4n) is 3.26. The Kier molecular flexibility index (Phi) is 6.42. The van der Waals surface area contributed by atoms with Crippen molar-refractivity contribution in [1.29, 1.82) is 0 Å². The molecule has 0 bridgehead atoms. The van der Waals surface area contributed by atoms with Gasteiger partial charge in [-0.25, -0.2) is 0 Å². The fourth-order valence-corrected chi connectivity index (χ4v) is 3.26. The van der Waals surface area contributed by atoms with Gasteiger partial charge in [-0.2, -0.15) is 0 Å². The first-order valence-corrected chi connectivity index (χ1v) is 9.28. The Morgan fingerprint density at radius 1 is 1.07 bits per heavy atom. The van der Waals surface area contributed by atoms with E-state index in [4.69, 9.17) is 9.47 Å². The summed E-state index contributed by atoms with van der Waals surface area (Å²) in [5, 5.41) is 0. The molecule has 0 unspecified atom stereocenters. The van der Waals surface area contributed by atoms with E-state index in [-0.39, 0.29) is 36.9 Å². The van der Waals surface area contributed by atoms with Gasteiger partial charge < -0.3 is 9.47 Å². The lowest BCUT2D eigenvalue weighted by Crippen LogP contribution is -2.39. The smallest absolute Gasteiger partial charge is 0.306 e. The highest BCUT2D eigenvalue weighted by molar-refractivity contribution is 6.06. The second-order valence-corrected chi connectivity index (χ2v) is 6.67. The first-order chi connectivity index (χ1) is 13.6. The minimum Gasteiger partial charge on any atom is -0.497 e. The normalized spacial score (nSPS) is 16.1. The minimum absolute atomic E-state index is 0.164. The van der Waals surface area contributed by atoms with E-state index >= 15 is 0 Å². The van der Waals surface area contributed by atoms with Gasteiger partial charge in [-0.1, -0.05) is 30.3 Å².